The van der Waals surface area contributed by atoms with Crippen LogP contribution in [0.2, 0.25) is 0 Å². The molecule has 1 aromatic carbocycles. The number of aryl methyl sites for hydroxylation is 1. The van der Waals surface area contributed by atoms with E-state index in [0.717, 1.165) is 24.0 Å². The molecule has 2 N–H and O–H groups in total. The number of benzene rings is 1. The molecule has 3 nitrogen and oxygen atoms in total. The second-order valence-corrected chi connectivity index (χ2v) is 5.11. The summed E-state index contributed by atoms with van der Waals surface area (Å²) in [4.78, 5) is 12.8. The van der Waals surface area contributed by atoms with Crippen LogP contribution < -0.4 is 10.5 Å². The normalized spacial score (nSPS) is 11.5. The number of hydrogen-bond donors (Lipinski definition) is 1. The zero-order valence-corrected chi connectivity index (χ0v) is 12.7. The summed E-state index contributed by atoms with van der Waals surface area (Å²) >= 11 is 0. The minimum Gasteiger partial charge on any atom is -0.496 e. The molecule has 1 aromatic rings. The second kappa shape index (κ2) is 6.20. The average molecular weight is 263 g/mol. The Bertz CT molecular complexity index is 454. The van der Waals surface area contributed by atoms with Gasteiger partial charge in [0.1, 0.15) is 5.75 Å². The summed E-state index contributed by atoms with van der Waals surface area (Å²) in [6.07, 6.45) is 1.49. The Balaban J connectivity index is 3.38. The van der Waals surface area contributed by atoms with Crippen molar-refractivity contribution in [2.75, 3.05) is 13.7 Å². The van der Waals surface area contributed by atoms with E-state index in [2.05, 4.69) is 0 Å². The van der Waals surface area contributed by atoms with Crippen molar-refractivity contribution in [1.82, 2.24) is 0 Å². The smallest absolute Gasteiger partial charge is 0.173 e. The van der Waals surface area contributed by atoms with E-state index < -0.39 is 5.41 Å². The van der Waals surface area contributed by atoms with Gasteiger partial charge in [0, 0.05) is 12.0 Å². The largest absolute Gasteiger partial charge is 0.496 e. The predicted octanol–water partition coefficient (Wildman–Crippen LogP) is 3.26. The van der Waals surface area contributed by atoms with Crippen molar-refractivity contribution in [3.63, 3.8) is 0 Å². The van der Waals surface area contributed by atoms with Gasteiger partial charge in [0.05, 0.1) is 12.7 Å². The molecule has 0 fully saturated rings. The molecular formula is C16H25NO2. The van der Waals surface area contributed by atoms with Gasteiger partial charge in [0.15, 0.2) is 5.78 Å². The SMILES string of the molecule is CCC(CC)(CN)C(=O)c1ccc(C)c(C)c1OC. The lowest BCUT2D eigenvalue weighted by Gasteiger charge is -2.29. The summed E-state index contributed by atoms with van der Waals surface area (Å²) in [5.74, 6) is 0.782. The Morgan fingerprint density at radius 1 is 1.26 bits per heavy atom. The molecule has 0 spiro atoms. The molecule has 106 valence electrons. The molecule has 0 radical (unpaired) electrons. The molecule has 0 unspecified atom stereocenters. The fourth-order valence-corrected chi connectivity index (χ4v) is 2.47. The van der Waals surface area contributed by atoms with Crippen LogP contribution in [-0.2, 0) is 0 Å². The zero-order chi connectivity index (χ0) is 14.6. The summed E-state index contributed by atoms with van der Waals surface area (Å²) in [5, 5.41) is 0. The van der Waals surface area contributed by atoms with Crippen LogP contribution >= 0.6 is 0 Å². The van der Waals surface area contributed by atoms with Crippen LogP contribution in [0, 0.1) is 19.3 Å². The van der Waals surface area contributed by atoms with Gasteiger partial charge in [-0.2, -0.15) is 0 Å². The predicted molar refractivity (Wildman–Crippen MR) is 78.9 cm³/mol. The maximum Gasteiger partial charge on any atom is 0.173 e. The van der Waals surface area contributed by atoms with Gasteiger partial charge < -0.3 is 10.5 Å². The van der Waals surface area contributed by atoms with E-state index in [1.807, 2.05) is 39.8 Å². The molecule has 3 heteroatoms. The lowest BCUT2D eigenvalue weighted by molar-refractivity contribution is 0.0784. The number of hydrogen-bond acceptors (Lipinski definition) is 3. The van der Waals surface area contributed by atoms with E-state index >= 15 is 0 Å². The van der Waals surface area contributed by atoms with Crippen LogP contribution in [0.25, 0.3) is 0 Å². The third-order valence-corrected chi connectivity index (χ3v) is 4.35. The van der Waals surface area contributed by atoms with Crippen LogP contribution in [0.5, 0.6) is 5.75 Å². The zero-order valence-electron chi connectivity index (χ0n) is 12.7. The Morgan fingerprint density at radius 2 is 1.84 bits per heavy atom. The Kier molecular flexibility index (Phi) is 5.12. The Morgan fingerprint density at radius 3 is 2.26 bits per heavy atom. The fraction of sp³-hybridized carbons (Fsp3) is 0.562. The highest BCUT2D eigenvalue weighted by Crippen LogP contribution is 2.35. The number of ketones is 1. The molecule has 1 rings (SSSR count). The van der Waals surface area contributed by atoms with Gasteiger partial charge in [-0.3, -0.25) is 4.79 Å². The summed E-state index contributed by atoms with van der Waals surface area (Å²) in [5.41, 5.74) is 8.18. The van der Waals surface area contributed by atoms with E-state index in [4.69, 9.17) is 10.5 Å². The van der Waals surface area contributed by atoms with Crippen LogP contribution in [0.15, 0.2) is 12.1 Å². The van der Waals surface area contributed by atoms with E-state index in [1.54, 1.807) is 7.11 Å². The van der Waals surface area contributed by atoms with Gasteiger partial charge in [0.25, 0.3) is 0 Å². The van der Waals surface area contributed by atoms with Crippen molar-refractivity contribution in [2.24, 2.45) is 11.1 Å². The van der Waals surface area contributed by atoms with Crippen LogP contribution in [0.4, 0.5) is 0 Å². The molecule has 0 aromatic heterocycles. The lowest BCUT2D eigenvalue weighted by atomic mass is 9.75. The first-order chi connectivity index (χ1) is 8.97. The number of methoxy groups -OCH3 is 1. The van der Waals surface area contributed by atoms with Crippen LogP contribution in [0.3, 0.4) is 0 Å². The highest BCUT2D eigenvalue weighted by molar-refractivity contribution is 6.03. The Hall–Kier alpha value is -1.35. The average Bonchev–Trinajstić information content (AvgIpc) is 2.44. The summed E-state index contributed by atoms with van der Waals surface area (Å²) < 4.78 is 5.45. The first-order valence-electron chi connectivity index (χ1n) is 6.86. The first-order valence-corrected chi connectivity index (χ1v) is 6.86. The standard InChI is InChI=1S/C16H25NO2/c1-6-16(7-2,10-17)15(18)13-9-8-11(3)12(4)14(13)19-5/h8-9H,6-7,10,17H2,1-5H3. The maximum atomic E-state index is 12.8. The molecule has 0 saturated heterocycles. The molecule has 0 bridgehead atoms. The number of nitrogens with two attached hydrogens (primary N) is 1. The number of carbonyl (C=O) groups is 1. The monoisotopic (exact) mass is 263 g/mol. The number of ether oxygens (including phenoxy) is 1. The molecule has 0 heterocycles. The van der Waals surface area contributed by atoms with Gasteiger partial charge in [-0.05, 0) is 43.9 Å². The molecule has 0 aliphatic rings. The van der Waals surface area contributed by atoms with Gasteiger partial charge in [-0.15, -0.1) is 0 Å². The quantitative estimate of drug-likeness (QED) is 0.801. The third-order valence-electron chi connectivity index (χ3n) is 4.35. The summed E-state index contributed by atoms with van der Waals surface area (Å²) in [6.45, 7) is 8.40. The maximum absolute atomic E-state index is 12.8. The van der Waals surface area contributed by atoms with Crippen LogP contribution in [-0.4, -0.2) is 19.4 Å². The van der Waals surface area contributed by atoms with E-state index in [1.165, 1.54) is 0 Å². The minimum atomic E-state index is -0.477. The molecular weight excluding hydrogens is 238 g/mol. The fourth-order valence-electron chi connectivity index (χ4n) is 2.47. The van der Waals surface area contributed by atoms with E-state index in [0.29, 0.717) is 17.9 Å². The highest BCUT2D eigenvalue weighted by atomic mass is 16.5. The van der Waals surface area contributed by atoms with Gasteiger partial charge >= 0.3 is 0 Å². The van der Waals surface area contributed by atoms with Crippen molar-refractivity contribution < 1.29 is 9.53 Å². The topological polar surface area (TPSA) is 52.3 Å². The van der Waals surface area contributed by atoms with Crippen molar-refractivity contribution in [3.8, 4) is 5.75 Å². The van der Waals surface area contributed by atoms with Gasteiger partial charge in [0.2, 0.25) is 0 Å². The summed E-state index contributed by atoms with van der Waals surface area (Å²) in [7, 11) is 1.61. The van der Waals surface area contributed by atoms with Gasteiger partial charge in [-0.1, -0.05) is 19.9 Å². The minimum absolute atomic E-state index is 0.0972. The first kappa shape index (κ1) is 15.7. The molecule has 0 atom stereocenters. The summed E-state index contributed by atoms with van der Waals surface area (Å²) in [6, 6.07) is 3.83. The second-order valence-electron chi connectivity index (χ2n) is 5.11. The highest BCUT2D eigenvalue weighted by Gasteiger charge is 2.35. The lowest BCUT2D eigenvalue weighted by Crippen LogP contribution is -2.38. The number of carbonyl (C=O) groups excluding carboxylic acids is 1. The van der Waals surface area contributed by atoms with Crippen molar-refractivity contribution in [3.05, 3.63) is 28.8 Å². The number of rotatable bonds is 6. The molecule has 19 heavy (non-hydrogen) atoms. The van der Waals surface area contributed by atoms with E-state index in [9.17, 15) is 4.79 Å². The van der Waals surface area contributed by atoms with Crippen molar-refractivity contribution in [1.29, 1.82) is 0 Å². The molecule has 0 saturated carbocycles. The van der Waals surface area contributed by atoms with Crippen molar-refractivity contribution >= 4 is 5.78 Å². The van der Waals surface area contributed by atoms with E-state index in [-0.39, 0.29) is 5.78 Å². The molecule has 0 amide bonds. The van der Waals surface area contributed by atoms with Crippen LogP contribution in [0.1, 0.15) is 48.2 Å². The molecule has 0 aliphatic carbocycles. The molecule has 0 aliphatic heterocycles. The third kappa shape index (κ3) is 2.66. The number of Topliss-reactive ketones (excluding diaryl/α,β-unsaturated/α-hetero) is 1. The van der Waals surface area contributed by atoms with Crippen molar-refractivity contribution in [2.45, 2.75) is 40.5 Å². The van der Waals surface area contributed by atoms with Gasteiger partial charge in [-0.25, -0.2) is 0 Å². The Labute approximate surface area is 116 Å².